The molecule has 0 radical (unpaired) electrons. The van der Waals surface area contributed by atoms with Crippen LogP contribution in [0.5, 0.6) is 5.75 Å². The first-order valence-corrected chi connectivity index (χ1v) is 10.6. The molecule has 1 aromatic rings. The third kappa shape index (κ3) is 7.61. The summed E-state index contributed by atoms with van der Waals surface area (Å²) in [5.74, 6) is 2.51. The lowest BCUT2D eigenvalue weighted by molar-refractivity contribution is 0.0536. The molecule has 1 aromatic carbocycles. The van der Waals surface area contributed by atoms with E-state index in [-0.39, 0.29) is 24.0 Å². The third-order valence-corrected chi connectivity index (χ3v) is 5.59. The molecular formula is C22H36IN3O3. The smallest absolute Gasteiger partial charge is 0.193 e. The SMILES string of the molecule is CN=C(NCc1ccccc1OC1CCCC1)N1CCC(COCCOC)C1.I. The van der Waals surface area contributed by atoms with Gasteiger partial charge >= 0.3 is 0 Å². The van der Waals surface area contributed by atoms with Crippen LogP contribution in [0.15, 0.2) is 29.3 Å². The highest BCUT2D eigenvalue weighted by Gasteiger charge is 2.25. The minimum absolute atomic E-state index is 0. The third-order valence-electron chi connectivity index (χ3n) is 5.59. The highest BCUT2D eigenvalue weighted by molar-refractivity contribution is 14.0. The Labute approximate surface area is 192 Å². The average Bonchev–Trinajstić information content (AvgIpc) is 3.39. The number of nitrogens with one attached hydrogen (secondary N) is 1. The molecule has 1 aliphatic heterocycles. The predicted octanol–water partition coefficient (Wildman–Crippen LogP) is 3.69. The van der Waals surface area contributed by atoms with E-state index in [0.29, 0.717) is 25.2 Å². The fourth-order valence-electron chi connectivity index (χ4n) is 4.01. The van der Waals surface area contributed by atoms with Gasteiger partial charge in [-0.2, -0.15) is 0 Å². The summed E-state index contributed by atoms with van der Waals surface area (Å²) in [7, 11) is 3.55. The molecule has 7 heteroatoms. The Morgan fingerprint density at radius 3 is 2.72 bits per heavy atom. The Bertz CT molecular complexity index is 623. The number of methoxy groups -OCH3 is 1. The van der Waals surface area contributed by atoms with Gasteiger partial charge in [0.25, 0.3) is 0 Å². The van der Waals surface area contributed by atoms with E-state index in [1.54, 1.807) is 7.11 Å². The summed E-state index contributed by atoms with van der Waals surface area (Å²) < 4.78 is 17.0. The Morgan fingerprint density at radius 2 is 1.97 bits per heavy atom. The van der Waals surface area contributed by atoms with Gasteiger partial charge in [0.15, 0.2) is 5.96 Å². The number of ether oxygens (including phenoxy) is 3. The lowest BCUT2D eigenvalue weighted by Crippen LogP contribution is -2.40. The molecule has 0 bridgehead atoms. The maximum Gasteiger partial charge on any atom is 0.193 e. The van der Waals surface area contributed by atoms with Crippen LogP contribution in [0.2, 0.25) is 0 Å². The largest absolute Gasteiger partial charge is 0.490 e. The van der Waals surface area contributed by atoms with E-state index in [4.69, 9.17) is 14.2 Å². The van der Waals surface area contributed by atoms with Crippen LogP contribution in [-0.4, -0.2) is 64.0 Å². The van der Waals surface area contributed by atoms with Crippen molar-refractivity contribution in [2.24, 2.45) is 10.9 Å². The van der Waals surface area contributed by atoms with Crippen molar-refractivity contribution in [3.63, 3.8) is 0 Å². The molecule has 6 nitrogen and oxygen atoms in total. The molecule has 164 valence electrons. The summed E-state index contributed by atoms with van der Waals surface area (Å²) >= 11 is 0. The molecule has 0 aromatic heterocycles. The monoisotopic (exact) mass is 517 g/mol. The van der Waals surface area contributed by atoms with Gasteiger partial charge < -0.3 is 24.4 Å². The fourth-order valence-corrected chi connectivity index (χ4v) is 4.01. The zero-order chi connectivity index (χ0) is 19.6. The highest BCUT2D eigenvalue weighted by Crippen LogP contribution is 2.26. The molecule has 1 saturated heterocycles. The van der Waals surface area contributed by atoms with Crippen LogP contribution in [0.3, 0.4) is 0 Å². The summed E-state index contributed by atoms with van der Waals surface area (Å²) in [6.45, 7) is 4.82. The van der Waals surface area contributed by atoms with Crippen molar-refractivity contribution >= 4 is 29.9 Å². The van der Waals surface area contributed by atoms with Crippen LogP contribution >= 0.6 is 24.0 Å². The molecule has 1 aliphatic carbocycles. The van der Waals surface area contributed by atoms with E-state index in [1.165, 1.54) is 31.2 Å². The number of nitrogens with zero attached hydrogens (tertiary/aromatic N) is 2. The minimum atomic E-state index is 0. The molecule has 2 fully saturated rings. The Morgan fingerprint density at radius 1 is 1.17 bits per heavy atom. The van der Waals surface area contributed by atoms with Crippen LogP contribution in [-0.2, 0) is 16.0 Å². The predicted molar refractivity (Wildman–Crippen MR) is 127 cm³/mol. The van der Waals surface area contributed by atoms with Crippen LogP contribution in [0.4, 0.5) is 0 Å². The number of aliphatic imine (C=N–C) groups is 1. The Hall–Kier alpha value is -1.06. The van der Waals surface area contributed by atoms with Crippen molar-refractivity contribution in [3.05, 3.63) is 29.8 Å². The van der Waals surface area contributed by atoms with E-state index in [9.17, 15) is 0 Å². The fraction of sp³-hybridized carbons (Fsp3) is 0.682. The number of guanidine groups is 1. The summed E-state index contributed by atoms with van der Waals surface area (Å²) in [5.41, 5.74) is 1.19. The molecular weight excluding hydrogens is 481 g/mol. The molecule has 0 amide bonds. The summed E-state index contributed by atoms with van der Waals surface area (Å²) in [5, 5.41) is 3.53. The van der Waals surface area contributed by atoms with Crippen LogP contribution < -0.4 is 10.1 Å². The van der Waals surface area contributed by atoms with Gasteiger partial charge in [-0.1, -0.05) is 18.2 Å². The number of benzene rings is 1. The van der Waals surface area contributed by atoms with Gasteiger partial charge in [-0.25, -0.2) is 0 Å². The van der Waals surface area contributed by atoms with Gasteiger partial charge in [-0.05, 0) is 38.2 Å². The number of likely N-dealkylation sites (tertiary alicyclic amines) is 1. The van der Waals surface area contributed by atoms with Gasteiger partial charge in [0, 0.05) is 45.3 Å². The first kappa shape index (κ1) is 24.2. The summed E-state index contributed by atoms with van der Waals surface area (Å²) in [6, 6.07) is 8.35. The van der Waals surface area contributed by atoms with E-state index < -0.39 is 0 Å². The van der Waals surface area contributed by atoms with Crippen LogP contribution in [0, 0.1) is 5.92 Å². The Kier molecular flexibility index (Phi) is 11.1. The second-order valence-electron chi connectivity index (χ2n) is 7.70. The first-order valence-electron chi connectivity index (χ1n) is 10.6. The number of rotatable bonds is 9. The van der Waals surface area contributed by atoms with Crippen molar-refractivity contribution < 1.29 is 14.2 Å². The number of hydrogen-bond donors (Lipinski definition) is 1. The molecule has 0 spiro atoms. The zero-order valence-corrected chi connectivity index (χ0v) is 20.1. The number of halogens is 1. The normalized spacial score (nSPS) is 20.0. The lowest BCUT2D eigenvalue weighted by Gasteiger charge is -2.23. The number of hydrogen-bond acceptors (Lipinski definition) is 4. The van der Waals surface area contributed by atoms with E-state index >= 15 is 0 Å². The van der Waals surface area contributed by atoms with Gasteiger partial charge in [0.05, 0.1) is 25.9 Å². The standard InChI is InChI=1S/C22H35N3O3.HI/c1-23-22(25-12-11-18(16-25)17-27-14-13-26-2)24-15-19-7-3-6-10-21(19)28-20-8-4-5-9-20;/h3,6-7,10,18,20H,4-5,8-9,11-17H2,1-2H3,(H,23,24);1H. The quantitative estimate of drug-likeness (QED) is 0.235. The maximum absolute atomic E-state index is 6.26. The van der Waals surface area contributed by atoms with Gasteiger partial charge in [-0.3, -0.25) is 4.99 Å². The number of para-hydroxylation sites is 1. The second kappa shape index (κ2) is 13.3. The first-order chi connectivity index (χ1) is 13.8. The van der Waals surface area contributed by atoms with E-state index in [0.717, 1.165) is 44.4 Å². The molecule has 1 heterocycles. The summed E-state index contributed by atoms with van der Waals surface area (Å²) in [4.78, 5) is 6.82. The van der Waals surface area contributed by atoms with Gasteiger partial charge in [0.1, 0.15) is 5.75 Å². The van der Waals surface area contributed by atoms with Crippen molar-refractivity contribution in [1.29, 1.82) is 0 Å². The topological polar surface area (TPSA) is 55.3 Å². The molecule has 1 saturated carbocycles. The van der Waals surface area contributed by atoms with E-state index in [1.807, 2.05) is 7.05 Å². The second-order valence-corrected chi connectivity index (χ2v) is 7.70. The van der Waals surface area contributed by atoms with Crippen LogP contribution in [0.25, 0.3) is 0 Å². The molecule has 29 heavy (non-hydrogen) atoms. The average molecular weight is 517 g/mol. The van der Waals surface area contributed by atoms with Crippen molar-refractivity contribution in [1.82, 2.24) is 10.2 Å². The Balaban J connectivity index is 0.00000300. The zero-order valence-electron chi connectivity index (χ0n) is 17.8. The molecule has 1 unspecified atom stereocenters. The van der Waals surface area contributed by atoms with Crippen molar-refractivity contribution in [2.45, 2.75) is 44.8 Å². The molecule has 2 aliphatic rings. The van der Waals surface area contributed by atoms with Gasteiger partial charge in [0.2, 0.25) is 0 Å². The van der Waals surface area contributed by atoms with Gasteiger partial charge in [-0.15, -0.1) is 24.0 Å². The molecule has 3 rings (SSSR count). The van der Waals surface area contributed by atoms with Crippen molar-refractivity contribution in [2.75, 3.05) is 47.1 Å². The maximum atomic E-state index is 6.26. The summed E-state index contributed by atoms with van der Waals surface area (Å²) in [6.07, 6.45) is 6.41. The molecule has 1 atom stereocenters. The van der Waals surface area contributed by atoms with Crippen LogP contribution in [0.1, 0.15) is 37.7 Å². The van der Waals surface area contributed by atoms with Crippen molar-refractivity contribution in [3.8, 4) is 5.75 Å². The lowest BCUT2D eigenvalue weighted by atomic mass is 10.1. The van der Waals surface area contributed by atoms with E-state index in [2.05, 4.69) is 39.5 Å². The molecule has 1 N–H and O–H groups in total. The highest BCUT2D eigenvalue weighted by atomic mass is 127. The minimum Gasteiger partial charge on any atom is -0.490 e.